The van der Waals surface area contributed by atoms with Crippen LogP contribution in [0.2, 0.25) is 0 Å². The smallest absolute Gasteiger partial charge is 0.0741 e. The van der Waals surface area contributed by atoms with Crippen LogP contribution in [0.5, 0.6) is 0 Å². The van der Waals surface area contributed by atoms with Crippen LogP contribution in [0.3, 0.4) is 0 Å². The average molecular weight is 157 g/mol. The Morgan fingerprint density at radius 3 is 2.27 bits per heavy atom. The molecule has 2 heteroatoms. The molecule has 1 unspecified atom stereocenters. The van der Waals surface area contributed by atoms with Crippen molar-refractivity contribution in [2.24, 2.45) is 0 Å². The number of rotatable bonds is 3. The Morgan fingerprint density at radius 1 is 1.45 bits per heavy atom. The molecule has 1 saturated carbocycles. The maximum absolute atomic E-state index is 9.59. The molecule has 0 aromatic rings. The van der Waals surface area contributed by atoms with Crippen LogP contribution in [-0.4, -0.2) is 22.8 Å². The highest BCUT2D eigenvalue weighted by molar-refractivity contribution is 4.86. The van der Waals surface area contributed by atoms with E-state index in [1.165, 1.54) is 19.3 Å². The molecule has 0 aromatic heterocycles. The summed E-state index contributed by atoms with van der Waals surface area (Å²) in [6, 6.07) is 0.865. The lowest BCUT2D eigenvalue weighted by molar-refractivity contribution is 0.0352. The molecule has 0 aliphatic heterocycles. The van der Waals surface area contributed by atoms with Crippen LogP contribution in [0.1, 0.15) is 40.0 Å². The summed E-state index contributed by atoms with van der Waals surface area (Å²) in [4.78, 5) is 0. The SMILES string of the molecule is CC(NC1CCC1)C(C)(C)O. The van der Waals surface area contributed by atoms with E-state index in [4.69, 9.17) is 0 Å². The average Bonchev–Trinajstić information content (AvgIpc) is 1.75. The summed E-state index contributed by atoms with van der Waals surface area (Å²) in [7, 11) is 0. The molecule has 0 spiro atoms. The molecule has 1 fully saturated rings. The molecule has 1 aliphatic rings. The first-order chi connectivity index (χ1) is 5.00. The van der Waals surface area contributed by atoms with Gasteiger partial charge in [0.2, 0.25) is 0 Å². The highest BCUT2D eigenvalue weighted by Gasteiger charge is 2.26. The Bertz CT molecular complexity index is 124. The Labute approximate surface area is 69.0 Å². The Morgan fingerprint density at radius 2 is 2.00 bits per heavy atom. The fourth-order valence-corrected chi connectivity index (χ4v) is 1.13. The van der Waals surface area contributed by atoms with Gasteiger partial charge in [-0.25, -0.2) is 0 Å². The number of hydrogen-bond acceptors (Lipinski definition) is 2. The molecule has 0 bridgehead atoms. The molecule has 0 amide bonds. The van der Waals surface area contributed by atoms with E-state index >= 15 is 0 Å². The van der Waals surface area contributed by atoms with Gasteiger partial charge in [-0.05, 0) is 33.6 Å². The van der Waals surface area contributed by atoms with Gasteiger partial charge in [0.15, 0.2) is 0 Å². The Balaban J connectivity index is 2.24. The maximum atomic E-state index is 9.59. The largest absolute Gasteiger partial charge is 0.389 e. The summed E-state index contributed by atoms with van der Waals surface area (Å²) < 4.78 is 0. The van der Waals surface area contributed by atoms with Gasteiger partial charge >= 0.3 is 0 Å². The molecule has 2 N–H and O–H groups in total. The molecular formula is C9H19NO. The van der Waals surface area contributed by atoms with Gasteiger partial charge in [-0.2, -0.15) is 0 Å². The van der Waals surface area contributed by atoms with Crippen LogP contribution < -0.4 is 5.32 Å². The summed E-state index contributed by atoms with van der Waals surface area (Å²) >= 11 is 0. The van der Waals surface area contributed by atoms with Crippen molar-refractivity contribution in [3.05, 3.63) is 0 Å². The summed E-state index contributed by atoms with van der Waals surface area (Å²) in [5.74, 6) is 0. The number of hydrogen-bond donors (Lipinski definition) is 2. The molecule has 66 valence electrons. The molecular weight excluding hydrogens is 138 g/mol. The number of aliphatic hydroxyl groups is 1. The fraction of sp³-hybridized carbons (Fsp3) is 1.00. The van der Waals surface area contributed by atoms with Gasteiger partial charge in [0.25, 0.3) is 0 Å². The molecule has 0 saturated heterocycles. The van der Waals surface area contributed by atoms with E-state index in [1.54, 1.807) is 0 Å². The first kappa shape index (κ1) is 9.01. The lowest BCUT2D eigenvalue weighted by Crippen LogP contribution is -2.50. The summed E-state index contributed by atoms with van der Waals surface area (Å²) in [6.07, 6.45) is 3.90. The van der Waals surface area contributed by atoms with Crippen LogP contribution in [0.4, 0.5) is 0 Å². The van der Waals surface area contributed by atoms with E-state index in [1.807, 2.05) is 20.8 Å². The lowest BCUT2D eigenvalue weighted by Gasteiger charge is -2.35. The second-order valence-corrected chi connectivity index (χ2v) is 4.17. The molecule has 0 radical (unpaired) electrons. The van der Waals surface area contributed by atoms with E-state index in [9.17, 15) is 5.11 Å². The molecule has 1 rings (SSSR count). The summed E-state index contributed by atoms with van der Waals surface area (Å²) in [6.45, 7) is 5.74. The second-order valence-electron chi connectivity index (χ2n) is 4.17. The maximum Gasteiger partial charge on any atom is 0.0741 e. The second kappa shape index (κ2) is 3.11. The van der Waals surface area contributed by atoms with Crippen molar-refractivity contribution in [2.45, 2.75) is 57.7 Å². The molecule has 1 atom stereocenters. The minimum Gasteiger partial charge on any atom is -0.389 e. The monoisotopic (exact) mass is 157 g/mol. The summed E-state index contributed by atoms with van der Waals surface area (Å²) in [5, 5.41) is 13.0. The van der Waals surface area contributed by atoms with E-state index in [0.29, 0.717) is 6.04 Å². The Hall–Kier alpha value is -0.0800. The summed E-state index contributed by atoms with van der Waals surface area (Å²) in [5.41, 5.74) is -0.588. The normalized spacial score (nSPS) is 22.9. The van der Waals surface area contributed by atoms with Crippen molar-refractivity contribution in [1.29, 1.82) is 0 Å². The molecule has 0 aromatic carbocycles. The molecule has 2 nitrogen and oxygen atoms in total. The third kappa shape index (κ3) is 2.46. The third-order valence-corrected chi connectivity index (χ3v) is 2.65. The zero-order chi connectivity index (χ0) is 8.48. The van der Waals surface area contributed by atoms with Gasteiger partial charge in [-0.3, -0.25) is 0 Å². The van der Waals surface area contributed by atoms with Crippen molar-refractivity contribution in [1.82, 2.24) is 5.32 Å². The Kier molecular flexibility index (Phi) is 2.55. The van der Waals surface area contributed by atoms with Gasteiger partial charge in [-0.15, -0.1) is 0 Å². The van der Waals surface area contributed by atoms with Crippen LogP contribution in [0, 0.1) is 0 Å². The van der Waals surface area contributed by atoms with Crippen molar-refractivity contribution < 1.29 is 5.11 Å². The highest BCUT2D eigenvalue weighted by Crippen LogP contribution is 2.20. The van der Waals surface area contributed by atoms with Gasteiger partial charge in [0.1, 0.15) is 0 Å². The topological polar surface area (TPSA) is 32.3 Å². The zero-order valence-corrected chi connectivity index (χ0v) is 7.72. The van der Waals surface area contributed by atoms with E-state index < -0.39 is 5.60 Å². The van der Waals surface area contributed by atoms with E-state index in [2.05, 4.69) is 5.32 Å². The lowest BCUT2D eigenvalue weighted by atomic mass is 9.90. The van der Waals surface area contributed by atoms with Gasteiger partial charge in [-0.1, -0.05) is 6.42 Å². The third-order valence-electron chi connectivity index (χ3n) is 2.65. The predicted octanol–water partition coefficient (Wildman–Crippen LogP) is 1.29. The van der Waals surface area contributed by atoms with Crippen LogP contribution in [0.15, 0.2) is 0 Å². The highest BCUT2D eigenvalue weighted by atomic mass is 16.3. The van der Waals surface area contributed by atoms with Crippen LogP contribution >= 0.6 is 0 Å². The molecule has 1 aliphatic carbocycles. The van der Waals surface area contributed by atoms with Crippen molar-refractivity contribution in [3.63, 3.8) is 0 Å². The molecule has 11 heavy (non-hydrogen) atoms. The minimum absolute atomic E-state index is 0.202. The van der Waals surface area contributed by atoms with Crippen LogP contribution in [0.25, 0.3) is 0 Å². The van der Waals surface area contributed by atoms with Gasteiger partial charge < -0.3 is 10.4 Å². The first-order valence-electron chi connectivity index (χ1n) is 4.48. The van der Waals surface area contributed by atoms with E-state index in [-0.39, 0.29) is 6.04 Å². The zero-order valence-electron chi connectivity index (χ0n) is 7.72. The van der Waals surface area contributed by atoms with Crippen LogP contribution in [-0.2, 0) is 0 Å². The van der Waals surface area contributed by atoms with E-state index in [0.717, 1.165) is 0 Å². The first-order valence-corrected chi connectivity index (χ1v) is 4.48. The number of nitrogens with one attached hydrogen (secondary N) is 1. The van der Waals surface area contributed by atoms with Gasteiger partial charge in [0.05, 0.1) is 5.60 Å². The molecule has 0 heterocycles. The van der Waals surface area contributed by atoms with Crippen molar-refractivity contribution in [2.75, 3.05) is 0 Å². The fourth-order valence-electron chi connectivity index (χ4n) is 1.13. The minimum atomic E-state index is -0.588. The standard InChI is InChI=1S/C9H19NO/c1-7(9(2,3)11)10-8-5-4-6-8/h7-8,10-11H,4-6H2,1-3H3. The van der Waals surface area contributed by atoms with Gasteiger partial charge in [0, 0.05) is 12.1 Å². The predicted molar refractivity (Wildman–Crippen MR) is 46.5 cm³/mol. The quantitative estimate of drug-likeness (QED) is 0.647. The van der Waals surface area contributed by atoms with Crippen molar-refractivity contribution in [3.8, 4) is 0 Å². The van der Waals surface area contributed by atoms with Crippen molar-refractivity contribution >= 4 is 0 Å².